The molecule has 1 rings (SSSR count). The van der Waals surface area contributed by atoms with E-state index in [4.69, 9.17) is 0 Å². The van der Waals surface area contributed by atoms with Crippen LogP contribution in [0.5, 0.6) is 0 Å². The van der Waals surface area contributed by atoms with Gasteiger partial charge in [0, 0.05) is 38.6 Å². The Morgan fingerprint density at radius 2 is 1.88 bits per heavy atom. The number of nitrogens with zero attached hydrogens (tertiary/aromatic N) is 2. The van der Waals surface area contributed by atoms with E-state index in [0.717, 1.165) is 39.1 Å². The quantitative estimate of drug-likeness (QED) is 0.703. The molecule has 0 saturated carbocycles. The maximum Gasteiger partial charge on any atom is 0.225 e. The summed E-state index contributed by atoms with van der Waals surface area (Å²) in [6, 6.07) is 0. The molecule has 1 heterocycles. The fourth-order valence-corrected chi connectivity index (χ4v) is 2.05. The number of carbonyl (C=O) groups is 1. The van der Waals surface area contributed by atoms with Crippen LogP contribution in [-0.4, -0.2) is 48.4 Å². The van der Waals surface area contributed by atoms with Gasteiger partial charge in [0.1, 0.15) is 0 Å². The minimum atomic E-state index is 0.124. The zero-order chi connectivity index (χ0) is 12.8. The van der Waals surface area contributed by atoms with Crippen molar-refractivity contribution in [3.63, 3.8) is 0 Å². The molecule has 1 fully saturated rings. The van der Waals surface area contributed by atoms with Crippen LogP contribution in [0.15, 0.2) is 11.6 Å². The molecule has 1 aliphatic heterocycles. The van der Waals surface area contributed by atoms with Gasteiger partial charge in [-0.05, 0) is 20.3 Å². The maximum absolute atomic E-state index is 11.9. The number of hydrogen-bond acceptors (Lipinski definition) is 2. The Hall–Kier alpha value is -0.830. The lowest BCUT2D eigenvalue weighted by Crippen LogP contribution is -2.37. The third-order valence-corrected chi connectivity index (χ3v) is 3.15. The van der Waals surface area contributed by atoms with Gasteiger partial charge in [-0.2, -0.15) is 0 Å². The van der Waals surface area contributed by atoms with Gasteiger partial charge < -0.3 is 4.90 Å². The third kappa shape index (κ3) is 4.90. The van der Waals surface area contributed by atoms with Gasteiger partial charge in [0.25, 0.3) is 0 Å². The summed E-state index contributed by atoms with van der Waals surface area (Å²) in [7, 11) is 0. The van der Waals surface area contributed by atoms with Crippen molar-refractivity contribution in [1.82, 2.24) is 9.80 Å². The van der Waals surface area contributed by atoms with Crippen LogP contribution >= 0.6 is 0 Å². The minimum Gasteiger partial charge on any atom is -0.341 e. The van der Waals surface area contributed by atoms with Crippen molar-refractivity contribution >= 4 is 5.91 Å². The molecule has 1 saturated heterocycles. The smallest absolute Gasteiger partial charge is 0.225 e. The van der Waals surface area contributed by atoms with Gasteiger partial charge >= 0.3 is 0 Å². The van der Waals surface area contributed by atoms with Crippen molar-refractivity contribution in [1.29, 1.82) is 0 Å². The van der Waals surface area contributed by atoms with Gasteiger partial charge in [-0.3, -0.25) is 9.69 Å². The van der Waals surface area contributed by atoms with Gasteiger partial charge in [-0.15, -0.1) is 0 Å². The lowest BCUT2D eigenvalue weighted by atomic mass is 10.2. The van der Waals surface area contributed by atoms with Gasteiger partial charge in [0.15, 0.2) is 0 Å². The molecule has 0 aromatic rings. The number of allylic oxidation sites excluding steroid dienone is 1. The second-order valence-corrected chi connectivity index (χ2v) is 5.42. The van der Waals surface area contributed by atoms with E-state index in [1.165, 1.54) is 5.57 Å². The van der Waals surface area contributed by atoms with Gasteiger partial charge in [-0.25, -0.2) is 0 Å². The minimum absolute atomic E-state index is 0.124. The van der Waals surface area contributed by atoms with Gasteiger partial charge in [0.2, 0.25) is 5.91 Å². The molecule has 0 aliphatic carbocycles. The average Bonchev–Trinajstić information content (AvgIpc) is 2.50. The van der Waals surface area contributed by atoms with E-state index in [2.05, 4.69) is 24.8 Å². The summed E-state index contributed by atoms with van der Waals surface area (Å²) in [5, 5.41) is 0. The molecule has 0 aromatic heterocycles. The van der Waals surface area contributed by atoms with E-state index >= 15 is 0 Å². The Bertz CT molecular complexity index is 280. The Morgan fingerprint density at radius 3 is 2.47 bits per heavy atom. The summed E-state index contributed by atoms with van der Waals surface area (Å²) < 4.78 is 0. The molecule has 0 spiro atoms. The van der Waals surface area contributed by atoms with E-state index < -0.39 is 0 Å². The molecule has 0 aromatic carbocycles. The van der Waals surface area contributed by atoms with Crippen LogP contribution in [0.25, 0.3) is 0 Å². The lowest BCUT2D eigenvalue weighted by Gasteiger charge is -2.23. The molecular weight excluding hydrogens is 212 g/mol. The summed E-state index contributed by atoms with van der Waals surface area (Å²) in [5.41, 5.74) is 1.37. The largest absolute Gasteiger partial charge is 0.341 e. The van der Waals surface area contributed by atoms with Crippen LogP contribution in [0.3, 0.4) is 0 Å². The summed E-state index contributed by atoms with van der Waals surface area (Å²) in [6.45, 7) is 13.1. The Balaban J connectivity index is 2.44. The van der Waals surface area contributed by atoms with Crippen molar-refractivity contribution in [2.24, 2.45) is 5.92 Å². The lowest BCUT2D eigenvalue weighted by molar-refractivity contribution is -0.134. The highest BCUT2D eigenvalue weighted by Gasteiger charge is 2.20. The second kappa shape index (κ2) is 6.80. The highest BCUT2D eigenvalue weighted by molar-refractivity contribution is 5.78. The van der Waals surface area contributed by atoms with Crippen molar-refractivity contribution in [2.45, 2.75) is 34.1 Å². The van der Waals surface area contributed by atoms with Gasteiger partial charge in [0.05, 0.1) is 0 Å². The zero-order valence-electron chi connectivity index (χ0n) is 11.7. The van der Waals surface area contributed by atoms with Crippen molar-refractivity contribution in [3.05, 3.63) is 11.6 Å². The van der Waals surface area contributed by atoms with Crippen molar-refractivity contribution in [2.75, 3.05) is 32.7 Å². The predicted octanol–water partition coefficient (Wildman–Crippen LogP) is 2.14. The van der Waals surface area contributed by atoms with Crippen LogP contribution in [-0.2, 0) is 4.79 Å². The van der Waals surface area contributed by atoms with Crippen molar-refractivity contribution < 1.29 is 4.79 Å². The summed E-state index contributed by atoms with van der Waals surface area (Å²) >= 11 is 0. The molecule has 0 bridgehead atoms. The molecule has 3 heteroatoms. The van der Waals surface area contributed by atoms with Crippen LogP contribution in [0, 0.1) is 5.92 Å². The highest BCUT2D eigenvalue weighted by atomic mass is 16.2. The van der Waals surface area contributed by atoms with E-state index in [1.807, 2.05) is 18.7 Å². The van der Waals surface area contributed by atoms with Crippen LogP contribution in [0.4, 0.5) is 0 Å². The maximum atomic E-state index is 11.9. The first kappa shape index (κ1) is 14.2. The molecule has 0 N–H and O–H groups in total. The van der Waals surface area contributed by atoms with E-state index in [1.54, 1.807) is 0 Å². The Morgan fingerprint density at radius 1 is 1.18 bits per heavy atom. The molecule has 1 aliphatic rings. The Kier molecular flexibility index (Phi) is 5.69. The summed E-state index contributed by atoms with van der Waals surface area (Å²) in [5.74, 6) is 0.424. The molecule has 0 unspecified atom stereocenters. The standard InChI is InChI=1S/C14H26N2O/c1-12(2)6-9-15-7-5-8-16(11-10-15)14(17)13(3)4/h6,13H,5,7-11H2,1-4H3. The molecule has 98 valence electrons. The summed E-state index contributed by atoms with van der Waals surface area (Å²) in [4.78, 5) is 16.4. The van der Waals surface area contributed by atoms with E-state index in [9.17, 15) is 4.79 Å². The Labute approximate surface area is 105 Å². The predicted molar refractivity (Wildman–Crippen MR) is 71.9 cm³/mol. The molecule has 0 atom stereocenters. The van der Waals surface area contributed by atoms with Crippen LogP contribution in [0.2, 0.25) is 0 Å². The van der Waals surface area contributed by atoms with Crippen molar-refractivity contribution in [3.8, 4) is 0 Å². The van der Waals surface area contributed by atoms with Crippen LogP contribution < -0.4 is 0 Å². The first-order valence-electron chi connectivity index (χ1n) is 6.65. The number of hydrogen-bond donors (Lipinski definition) is 0. The molecule has 1 amide bonds. The zero-order valence-corrected chi connectivity index (χ0v) is 11.7. The van der Waals surface area contributed by atoms with Gasteiger partial charge in [-0.1, -0.05) is 25.5 Å². The molecule has 3 nitrogen and oxygen atoms in total. The van der Waals surface area contributed by atoms with Crippen LogP contribution in [0.1, 0.15) is 34.1 Å². The fraction of sp³-hybridized carbons (Fsp3) is 0.786. The first-order valence-corrected chi connectivity index (χ1v) is 6.65. The molecular formula is C14H26N2O. The number of amides is 1. The monoisotopic (exact) mass is 238 g/mol. The molecule has 17 heavy (non-hydrogen) atoms. The summed E-state index contributed by atoms with van der Waals surface area (Å²) in [6.07, 6.45) is 3.36. The topological polar surface area (TPSA) is 23.6 Å². The molecule has 0 radical (unpaired) electrons. The van der Waals surface area contributed by atoms with E-state index in [-0.39, 0.29) is 5.92 Å². The fourth-order valence-electron chi connectivity index (χ4n) is 2.05. The normalized spacial score (nSPS) is 18.1. The van der Waals surface area contributed by atoms with E-state index in [0.29, 0.717) is 5.91 Å². The average molecular weight is 238 g/mol. The third-order valence-electron chi connectivity index (χ3n) is 3.15. The number of rotatable bonds is 3. The second-order valence-electron chi connectivity index (χ2n) is 5.42. The SMILES string of the molecule is CC(C)=CCN1CCCN(C(=O)C(C)C)CC1. The first-order chi connectivity index (χ1) is 8.00. The number of carbonyl (C=O) groups excluding carboxylic acids is 1. The highest BCUT2D eigenvalue weighted by Crippen LogP contribution is 2.08.